The molecule has 94 valence electrons. The Kier molecular flexibility index (Phi) is 4.34. The zero-order valence-electron chi connectivity index (χ0n) is 10.0. The van der Waals surface area contributed by atoms with Crippen LogP contribution in [-0.4, -0.2) is 20.4 Å². The zero-order chi connectivity index (χ0) is 12.1. The molecule has 2 rings (SSSR count). The molecule has 1 N–H and O–H groups in total. The van der Waals surface area contributed by atoms with Gasteiger partial charge in [-0.15, -0.1) is 0 Å². The van der Waals surface area contributed by atoms with Gasteiger partial charge in [0.25, 0.3) is 0 Å². The average molecular weight is 239 g/mol. The Labute approximate surface area is 101 Å². The molecule has 0 radical (unpaired) electrons. The molecule has 1 aromatic rings. The van der Waals surface area contributed by atoms with Crippen molar-refractivity contribution in [2.45, 2.75) is 19.4 Å². The lowest BCUT2D eigenvalue weighted by molar-refractivity contribution is 0.00791. The van der Waals surface area contributed by atoms with Crippen molar-refractivity contribution in [2.75, 3.05) is 20.4 Å². The fourth-order valence-electron chi connectivity index (χ4n) is 1.58. The third kappa shape index (κ3) is 3.98. The van der Waals surface area contributed by atoms with Gasteiger partial charge in [0.2, 0.25) is 0 Å². The van der Waals surface area contributed by atoms with Gasteiger partial charge >= 0.3 is 0 Å². The topological polar surface area (TPSA) is 30.5 Å². The first-order chi connectivity index (χ1) is 8.29. The van der Waals surface area contributed by atoms with Gasteiger partial charge in [-0.05, 0) is 43.5 Å². The number of hydrogen-bond acceptors (Lipinski definition) is 3. The number of benzene rings is 1. The number of rotatable bonds is 7. The van der Waals surface area contributed by atoms with E-state index in [1.54, 1.807) is 6.07 Å². The van der Waals surface area contributed by atoms with E-state index in [-0.39, 0.29) is 18.4 Å². The predicted molar refractivity (Wildman–Crippen MR) is 63.3 cm³/mol. The molecule has 0 amide bonds. The average Bonchev–Trinajstić information content (AvgIpc) is 3.11. The van der Waals surface area contributed by atoms with E-state index in [2.05, 4.69) is 5.32 Å². The van der Waals surface area contributed by atoms with Gasteiger partial charge in [-0.3, -0.25) is 0 Å². The third-order valence-electron chi connectivity index (χ3n) is 2.73. The Balaban J connectivity index is 1.78. The van der Waals surface area contributed by atoms with Gasteiger partial charge < -0.3 is 14.8 Å². The van der Waals surface area contributed by atoms with Crippen LogP contribution in [-0.2, 0) is 11.3 Å². The molecule has 1 fully saturated rings. The van der Waals surface area contributed by atoms with E-state index in [4.69, 9.17) is 9.47 Å². The summed E-state index contributed by atoms with van der Waals surface area (Å²) in [5.74, 6) is 0.606. The fraction of sp³-hybridized carbons (Fsp3) is 0.538. The van der Waals surface area contributed by atoms with Crippen molar-refractivity contribution in [3.05, 3.63) is 29.6 Å². The minimum Gasteiger partial charge on any atom is -0.464 e. The van der Waals surface area contributed by atoms with Crippen LogP contribution in [0, 0.1) is 11.7 Å². The van der Waals surface area contributed by atoms with Crippen molar-refractivity contribution in [1.82, 2.24) is 5.32 Å². The monoisotopic (exact) mass is 239 g/mol. The molecule has 0 spiro atoms. The van der Waals surface area contributed by atoms with Crippen LogP contribution in [0.1, 0.15) is 18.4 Å². The van der Waals surface area contributed by atoms with E-state index in [9.17, 15) is 4.39 Å². The van der Waals surface area contributed by atoms with Gasteiger partial charge in [-0.25, -0.2) is 4.39 Å². The van der Waals surface area contributed by atoms with Crippen LogP contribution in [0.25, 0.3) is 0 Å². The van der Waals surface area contributed by atoms with Gasteiger partial charge in [0.05, 0.1) is 6.61 Å². The molecule has 0 saturated heterocycles. The van der Waals surface area contributed by atoms with Gasteiger partial charge in [0.1, 0.15) is 0 Å². The maximum absolute atomic E-state index is 13.6. The normalized spacial score (nSPS) is 14.9. The summed E-state index contributed by atoms with van der Waals surface area (Å²) >= 11 is 0. The maximum atomic E-state index is 13.6. The SMILES string of the molecule is CNCc1ccc(OCOCC2CC2)c(F)c1. The lowest BCUT2D eigenvalue weighted by atomic mass is 10.2. The van der Waals surface area contributed by atoms with Crippen molar-refractivity contribution in [1.29, 1.82) is 0 Å². The molecule has 0 bridgehead atoms. The summed E-state index contributed by atoms with van der Waals surface area (Å²) in [4.78, 5) is 0. The van der Waals surface area contributed by atoms with Gasteiger partial charge in [-0.2, -0.15) is 0 Å². The molecule has 0 aromatic heterocycles. The molecule has 0 unspecified atom stereocenters. The Morgan fingerprint density at radius 2 is 2.24 bits per heavy atom. The van der Waals surface area contributed by atoms with Crippen LogP contribution in [0.15, 0.2) is 18.2 Å². The highest BCUT2D eigenvalue weighted by Crippen LogP contribution is 2.28. The summed E-state index contributed by atoms with van der Waals surface area (Å²) in [6, 6.07) is 4.96. The summed E-state index contributed by atoms with van der Waals surface area (Å²) in [6.45, 7) is 1.49. The minimum atomic E-state index is -0.340. The van der Waals surface area contributed by atoms with Crippen molar-refractivity contribution < 1.29 is 13.9 Å². The Morgan fingerprint density at radius 1 is 1.41 bits per heavy atom. The lowest BCUT2D eigenvalue weighted by Gasteiger charge is -2.09. The Hall–Kier alpha value is -1.13. The number of hydrogen-bond donors (Lipinski definition) is 1. The minimum absolute atomic E-state index is 0.124. The van der Waals surface area contributed by atoms with E-state index >= 15 is 0 Å². The summed E-state index contributed by atoms with van der Waals surface area (Å²) in [6.07, 6.45) is 2.49. The number of halogens is 1. The molecule has 0 atom stereocenters. The summed E-state index contributed by atoms with van der Waals surface area (Å²) in [5.41, 5.74) is 0.899. The smallest absolute Gasteiger partial charge is 0.189 e. The number of ether oxygens (including phenoxy) is 2. The Bertz CT molecular complexity index is 366. The highest BCUT2D eigenvalue weighted by molar-refractivity contribution is 5.29. The second-order valence-electron chi connectivity index (χ2n) is 4.37. The van der Waals surface area contributed by atoms with Crippen LogP contribution >= 0.6 is 0 Å². The first-order valence-electron chi connectivity index (χ1n) is 5.93. The second-order valence-corrected chi connectivity index (χ2v) is 4.37. The van der Waals surface area contributed by atoms with Crippen molar-refractivity contribution in [3.63, 3.8) is 0 Å². The molecule has 17 heavy (non-hydrogen) atoms. The molecule has 0 aliphatic heterocycles. The molecule has 1 aliphatic carbocycles. The molecule has 3 nitrogen and oxygen atoms in total. The third-order valence-corrected chi connectivity index (χ3v) is 2.73. The highest BCUT2D eigenvalue weighted by Gasteiger charge is 2.21. The van der Waals surface area contributed by atoms with E-state index in [0.29, 0.717) is 12.5 Å². The Morgan fingerprint density at radius 3 is 2.88 bits per heavy atom. The van der Waals surface area contributed by atoms with Gasteiger partial charge in [-0.1, -0.05) is 6.07 Å². The van der Waals surface area contributed by atoms with Gasteiger partial charge in [0, 0.05) is 6.54 Å². The quantitative estimate of drug-likeness (QED) is 0.585. The number of nitrogens with one attached hydrogen (secondary N) is 1. The lowest BCUT2D eigenvalue weighted by Crippen LogP contribution is -2.08. The largest absolute Gasteiger partial charge is 0.464 e. The predicted octanol–water partition coefficient (Wildman–Crippen LogP) is 2.31. The maximum Gasteiger partial charge on any atom is 0.189 e. The van der Waals surface area contributed by atoms with Crippen molar-refractivity contribution in [3.8, 4) is 5.75 Å². The van der Waals surface area contributed by atoms with E-state index in [1.165, 1.54) is 18.9 Å². The second kappa shape index (κ2) is 5.98. The van der Waals surface area contributed by atoms with Gasteiger partial charge in [0.15, 0.2) is 18.4 Å². The summed E-state index contributed by atoms with van der Waals surface area (Å²) in [7, 11) is 1.83. The first kappa shape index (κ1) is 12.3. The fourth-order valence-corrected chi connectivity index (χ4v) is 1.58. The molecule has 0 heterocycles. The highest BCUT2D eigenvalue weighted by atomic mass is 19.1. The molecular weight excluding hydrogens is 221 g/mol. The molecule has 4 heteroatoms. The summed E-state index contributed by atoms with van der Waals surface area (Å²) in [5, 5.41) is 2.97. The molecule has 1 aliphatic rings. The van der Waals surface area contributed by atoms with Crippen LogP contribution in [0.5, 0.6) is 5.75 Å². The van der Waals surface area contributed by atoms with E-state index < -0.39 is 0 Å². The molecular formula is C13H18FNO2. The van der Waals surface area contributed by atoms with E-state index in [0.717, 1.165) is 12.2 Å². The van der Waals surface area contributed by atoms with Crippen LogP contribution in [0.4, 0.5) is 4.39 Å². The van der Waals surface area contributed by atoms with Crippen LogP contribution in [0.3, 0.4) is 0 Å². The molecule has 1 saturated carbocycles. The standard InChI is InChI=1S/C13H18FNO2/c1-15-7-11-4-5-13(12(14)6-11)17-9-16-8-10-2-3-10/h4-6,10,15H,2-3,7-9H2,1H3. The first-order valence-corrected chi connectivity index (χ1v) is 5.93. The van der Waals surface area contributed by atoms with Crippen LogP contribution in [0.2, 0.25) is 0 Å². The van der Waals surface area contributed by atoms with Crippen LogP contribution < -0.4 is 10.1 Å². The zero-order valence-corrected chi connectivity index (χ0v) is 10.0. The van der Waals surface area contributed by atoms with Crippen molar-refractivity contribution in [2.24, 2.45) is 5.92 Å². The van der Waals surface area contributed by atoms with E-state index in [1.807, 2.05) is 13.1 Å². The van der Waals surface area contributed by atoms with Crippen molar-refractivity contribution >= 4 is 0 Å². The summed E-state index contributed by atoms with van der Waals surface area (Å²) < 4.78 is 24.1. The molecule has 1 aromatic carbocycles.